The van der Waals surface area contributed by atoms with Gasteiger partial charge in [-0.25, -0.2) is 8.78 Å². The molecular formula is C24H36F2N4O9. The van der Waals surface area contributed by atoms with Crippen molar-refractivity contribution < 1.29 is 51.5 Å². The first-order chi connectivity index (χ1) is 18.9. The second-order valence-electron chi connectivity index (χ2n) is 7.65. The Morgan fingerprint density at radius 1 is 0.795 bits per heavy atom. The highest BCUT2D eigenvalue weighted by atomic mass is 19.1. The topological polar surface area (TPSA) is 160 Å². The van der Waals surface area contributed by atoms with Crippen molar-refractivity contribution in [3.8, 4) is 5.75 Å². The third-order valence-electron chi connectivity index (χ3n) is 4.52. The van der Waals surface area contributed by atoms with Gasteiger partial charge in [-0.3, -0.25) is 9.59 Å². The van der Waals surface area contributed by atoms with Crippen LogP contribution in [-0.4, -0.2) is 97.7 Å². The largest absolute Gasteiger partial charge is 0.420 e. The van der Waals surface area contributed by atoms with Gasteiger partial charge in [0.1, 0.15) is 0 Å². The fourth-order valence-corrected chi connectivity index (χ4v) is 2.71. The lowest BCUT2D eigenvalue weighted by Crippen LogP contribution is -2.19. The molecular weight excluding hydrogens is 526 g/mol. The molecule has 0 aromatic heterocycles. The number of amides is 1. The van der Waals surface area contributed by atoms with Crippen molar-refractivity contribution in [2.45, 2.75) is 19.9 Å². The summed E-state index contributed by atoms with van der Waals surface area (Å²) in [5.74, 6) is -4.07. The molecule has 0 spiro atoms. The molecule has 0 aliphatic rings. The SMILES string of the molecule is CC(=O)NCc1cc(F)c(OC(=O)CCOCCOCCOCCOCCOCCOCCN=[N+]=[N-])c(F)c1. The molecule has 1 rings (SSSR count). The van der Waals surface area contributed by atoms with Gasteiger partial charge in [-0.05, 0) is 23.2 Å². The highest BCUT2D eigenvalue weighted by Crippen LogP contribution is 2.23. The summed E-state index contributed by atoms with van der Waals surface area (Å²) in [6.45, 7) is 5.65. The fourth-order valence-electron chi connectivity index (χ4n) is 2.71. The summed E-state index contributed by atoms with van der Waals surface area (Å²) in [7, 11) is 0. The molecule has 0 heterocycles. The molecule has 0 saturated carbocycles. The Morgan fingerprint density at radius 2 is 1.23 bits per heavy atom. The molecule has 1 aromatic carbocycles. The van der Waals surface area contributed by atoms with Gasteiger partial charge >= 0.3 is 5.97 Å². The Kier molecular flexibility index (Phi) is 20.1. The molecule has 1 aromatic rings. The van der Waals surface area contributed by atoms with Crippen molar-refractivity contribution in [2.75, 3.05) is 85.8 Å². The zero-order valence-electron chi connectivity index (χ0n) is 22.0. The van der Waals surface area contributed by atoms with E-state index in [4.69, 9.17) is 38.7 Å². The molecule has 0 saturated heterocycles. The summed E-state index contributed by atoms with van der Waals surface area (Å²) in [4.78, 5) is 25.4. The lowest BCUT2D eigenvalue weighted by atomic mass is 10.2. The number of hydrogen-bond donors (Lipinski definition) is 1. The first kappa shape index (κ1) is 34.1. The van der Waals surface area contributed by atoms with Gasteiger partial charge in [-0.15, -0.1) is 0 Å². The van der Waals surface area contributed by atoms with Crippen LogP contribution in [0.3, 0.4) is 0 Å². The molecule has 0 radical (unpaired) electrons. The molecule has 0 bridgehead atoms. The molecule has 220 valence electrons. The van der Waals surface area contributed by atoms with E-state index in [2.05, 4.69) is 15.3 Å². The van der Waals surface area contributed by atoms with Crippen molar-refractivity contribution in [2.24, 2.45) is 5.11 Å². The van der Waals surface area contributed by atoms with Crippen molar-refractivity contribution in [1.82, 2.24) is 5.32 Å². The lowest BCUT2D eigenvalue weighted by Gasteiger charge is -2.10. The number of azide groups is 1. The van der Waals surface area contributed by atoms with E-state index < -0.39 is 23.4 Å². The molecule has 0 aliphatic carbocycles. The second-order valence-corrected chi connectivity index (χ2v) is 7.65. The summed E-state index contributed by atoms with van der Waals surface area (Å²) >= 11 is 0. The predicted molar refractivity (Wildman–Crippen MR) is 133 cm³/mol. The molecule has 0 atom stereocenters. The molecule has 1 N–H and O–H groups in total. The molecule has 15 heteroatoms. The van der Waals surface area contributed by atoms with Crippen LogP contribution in [0.4, 0.5) is 8.78 Å². The number of carbonyl (C=O) groups excluding carboxylic acids is 2. The summed E-state index contributed by atoms with van der Waals surface area (Å²) in [5.41, 5.74) is 8.31. The molecule has 39 heavy (non-hydrogen) atoms. The Bertz CT molecular complexity index is 866. The highest BCUT2D eigenvalue weighted by molar-refractivity contribution is 5.73. The van der Waals surface area contributed by atoms with Crippen LogP contribution >= 0.6 is 0 Å². The van der Waals surface area contributed by atoms with Gasteiger partial charge in [0.05, 0.1) is 85.7 Å². The monoisotopic (exact) mass is 562 g/mol. The number of esters is 1. The standard InChI is InChI=1S/C24H36F2N4O9/c1-19(31)28-18-20-16-21(25)24(22(26)17-20)39-23(32)2-4-33-6-8-35-10-12-37-14-15-38-13-11-36-9-7-34-5-3-29-30-27/h16-17H,2-15,18H2,1H3,(H,28,31). The molecule has 0 unspecified atom stereocenters. The number of benzene rings is 1. The van der Waals surface area contributed by atoms with Crippen LogP contribution in [-0.2, 0) is 44.6 Å². The number of nitrogens with zero attached hydrogens (tertiary/aromatic N) is 3. The van der Waals surface area contributed by atoms with E-state index in [0.29, 0.717) is 66.0 Å². The average molecular weight is 563 g/mol. The smallest absolute Gasteiger partial charge is 0.313 e. The zero-order chi connectivity index (χ0) is 28.6. The zero-order valence-corrected chi connectivity index (χ0v) is 22.0. The van der Waals surface area contributed by atoms with E-state index >= 15 is 0 Å². The van der Waals surface area contributed by atoms with Crippen molar-refractivity contribution >= 4 is 11.9 Å². The van der Waals surface area contributed by atoms with Gasteiger partial charge in [-0.2, -0.15) is 0 Å². The summed E-state index contributed by atoms with van der Waals surface area (Å²) in [6, 6.07) is 1.97. The van der Waals surface area contributed by atoms with Crippen LogP contribution in [0.2, 0.25) is 0 Å². The van der Waals surface area contributed by atoms with Crippen LogP contribution in [0.5, 0.6) is 5.75 Å². The Morgan fingerprint density at radius 3 is 1.67 bits per heavy atom. The maximum Gasteiger partial charge on any atom is 0.313 e. The van der Waals surface area contributed by atoms with Crippen LogP contribution in [0.15, 0.2) is 17.2 Å². The average Bonchev–Trinajstić information content (AvgIpc) is 2.90. The van der Waals surface area contributed by atoms with Crippen molar-refractivity contribution in [1.29, 1.82) is 0 Å². The maximum atomic E-state index is 14.1. The number of hydrogen-bond acceptors (Lipinski definition) is 10. The maximum absolute atomic E-state index is 14.1. The van der Waals surface area contributed by atoms with Crippen molar-refractivity contribution in [3.63, 3.8) is 0 Å². The number of nitrogens with one attached hydrogen (secondary N) is 1. The molecule has 0 fully saturated rings. The van der Waals surface area contributed by atoms with E-state index in [0.717, 1.165) is 12.1 Å². The van der Waals surface area contributed by atoms with Gasteiger partial charge in [-0.1, -0.05) is 5.11 Å². The van der Waals surface area contributed by atoms with E-state index in [1.54, 1.807) is 0 Å². The highest BCUT2D eigenvalue weighted by Gasteiger charge is 2.16. The minimum Gasteiger partial charge on any atom is -0.420 e. The van der Waals surface area contributed by atoms with E-state index in [1.165, 1.54) is 6.92 Å². The number of ether oxygens (including phenoxy) is 7. The first-order valence-electron chi connectivity index (χ1n) is 12.3. The van der Waals surface area contributed by atoms with E-state index in [9.17, 15) is 18.4 Å². The normalized spacial score (nSPS) is 10.7. The van der Waals surface area contributed by atoms with Crippen LogP contribution in [0.1, 0.15) is 18.9 Å². The van der Waals surface area contributed by atoms with Gasteiger partial charge in [0, 0.05) is 24.9 Å². The van der Waals surface area contributed by atoms with Crippen LogP contribution in [0.25, 0.3) is 10.4 Å². The van der Waals surface area contributed by atoms with E-state index in [1.807, 2.05) is 0 Å². The van der Waals surface area contributed by atoms with E-state index in [-0.39, 0.29) is 44.3 Å². The predicted octanol–water partition coefficient (Wildman–Crippen LogP) is 2.31. The Balaban J connectivity index is 1.92. The van der Waals surface area contributed by atoms with Gasteiger partial charge in [0.15, 0.2) is 11.6 Å². The first-order valence-corrected chi connectivity index (χ1v) is 12.3. The quantitative estimate of drug-likeness (QED) is 0.0498. The number of halogens is 2. The summed E-state index contributed by atoms with van der Waals surface area (Å²) in [6.07, 6.45) is -0.201. The lowest BCUT2D eigenvalue weighted by molar-refractivity contribution is -0.136. The number of rotatable bonds is 24. The number of carbonyl (C=O) groups is 2. The molecule has 0 aliphatic heterocycles. The van der Waals surface area contributed by atoms with Crippen LogP contribution in [0, 0.1) is 11.6 Å². The van der Waals surface area contributed by atoms with Crippen LogP contribution < -0.4 is 10.1 Å². The minimum absolute atomic E-state index is 0.00591. The Hall–Kier alpha value is -2.91. The molecule has 13 nitrogen and oxygen atoms in total. The third kappa shape index (κ3) is 18.9. The van der Waals surface area contributed by atoms with Gasteiger partial charge in [0.2, 0.25) is 11.7 Å². The third-order valence-corrected chi connectivity index (χ3v) is 4.52. The second kappa shape index (κ2) is 23.0. The fraction of sp³-hybridized carbons (Fsp3) is 0.667. The minimum atomic E-state index is -1.04. The summed E-state index contributed by atoms with van der Waals surface area (Å²) < 4.78 is 64.7. The van der Waals surface area contributed by atoms with Gasteiger partial charge < -0.3 is 38.5 Å². The molecule has 1 amide bonds. The Labute approximate surface area is 225 Å². The van der Waals surface area contributed by atoms with Gasteiger partial charge in [0.25, 0.3) is 0 Å². The van der Waals surface area contributed by atoms with Crippen molar-refractivity contribution in [3.05, 3.63) is 39.8 Å². The summed E-state index contributed by atoms with van der Waals surface area (Å²) in [5, 5.41) is 5.77.